The van der Waals surface area contributed by atoms with E-state index < -0.39 is 11.7 Å². The zero-order valence-corrected chi connectivity index (χ0v) is 14.4. The van der Waals surface area contributed by atoms with Gasteiger partial charge in [-0.2, -0.15) is 13.2 Å². The Morgan fingerprint density at radius 3 is 2.38 bits per heavy atom. The Kier molecular flexibility index (Phi) is 4.82. The maximum absolute atomic E-state index is 12.7. The van der Waals surface area contributed by atoms with Crippen molar-refractivity contribution in [1.29, 1.82) is 0 Å². The maximum Gasteiger partial charge on any atom is 0.416 e. The largest absolute Gasteiger partial charge is 0.496 e. The van der Waals surface area contributed by atoms with Gasteiger partial charge in [0.2, 0.25) is 0 Å². The number of imidazole rings is 1. The Morgan fingerprint density at radius 1 is 1.08 bits per heavy atom. The number of aromatic nitrogens is 2. The predicted molar refractivity (Wildman–Crippen MR) is 92.1 cm³/mol. The minimum Gasteiger partial charge on any atom is -0.496 e. The van der Waals surface area contributed by atoms with Crippen LogP contribution in [-0.4, -0.2) is 16.2 Å². The third-order valence-electron chi connectivity index (χ3n) is 3.90. The highest BCUT2D eigenvalue weighted by Gasteiger charge is 2.30. The second-order valence-corrected chi connectivity index (χ2v) is 6.02. The summed E-state index contributed by atoms with van der Waals surface area (Å²) in [5.74, 6) is 0.587. The Bertz CT molecular complexity index is 975. The van der Waals surface area contributed by atoms with Crippen molar-refractivity contribution >= 4 is 11.6 Å². The average Bonchev–Trinajstić information content (AvgIpc) is 2.95. The molecule has 0 fully saturated rings. The molecule has 3 aromatic rings. The molecule has 0 amide bonds. The molecule has 2 aromatic carbocycles. The summed E-state index contributed by atoms with van der Waals surface area (Å²) in [4.78, 5) is 12.6. The molecule has 0 aliphatic carbocycles. The summed E-state index contributed by atoms with van der Waals surface area (Å²) in [7, 11) is 1.52. The van der Waals surface area contributed by atoms with E-state index in [0.717, 1.165) is 12.1 Å². The topological polar surface area (TPSA) is 36.2 Å². The monoisotopic (exact) mass is 382 g/mol. The summed E-state index contributed by atoms with van der Waals surface area (Å²) in [5.41, 5.74) is -0.0868. The van der Waals surface area contributed by atoms with Crippen molar-refractivity contribution in [2.75, 3.05) is 7.11 Å². The van der Waals surface area contributed by atoms with Gasteiger partial charge in [-0.3, -0.25) is 9.13 Å². The molecule has 0 N–H and O–H groups in total. The highest BCUT2D eigenvalue weighted by Crippen LogP contribution is 2.29. The second-order valence-electron chi connectivity index (χ2n) is 5.58. The molecule has 1 aromatic heterocycles. The molecule has 0 bridgehead atoms. The number of nitrogens with zero attached hydrogens (tertiary/aromatic N) is 2. The van der Waals surface area contributed by atoms with E-state index in [2.05, 4.69) is 0 Å². The lowest BCUT2D eigenvalue weighted by Crippen LogP contribution is -2.23. The molecule has 0 saturated heterocycles. The van der Waals surface area contributed by atoms with Gasteiger partial charge in [0.25, 0.3) is 0 Å². The zero-order valence-electron chi connectivity index (χ0n) is 13.6. The van der Waals surface area contributed by atoms with Gasteiger partial charge in [-0.1, -0.05) is 11.6 Å². The van der Waals surface area contributed by atoms with Gasteiger partial charge < -0.3 is 4.74 Å². The first-order valence-electron chi connectivity index (χ1n) is 7.57. The molecule has 0 atom stereocenters. The minimum absolute atomic E-state index is 0.218. The quantitative estimate of drug-likeness (QED) is 0.672. The number of benzene rings is 2. The molecule has 0 unspecified atom stereocenters. The molecule has 136 valence electrons. The van der Waals surface area contributed by atoms with E-state index in [0.29, 0.717) is 22.0 Å². The van der Waals surface area contributed by atoms with Crippen LogP contribution in [0.2, 0.25) is 5.02 Å². The van der Waals surface area contributed by atoms with Crippen molar-refractivity contribution in [3.8, 4) is 11.4 Å². The molecule has 1 heterocycles. The van der Waals surface area contributed by atoms with E-state index >= 15 is 0 Å². The lowest BCUT2D eigenvalue weighted by atomic mass is 10.2. The fraction of sp³-hybridized carbons (Fsp3) is 0.167. The van der Waals surface area contributed by atoms with Crippen molar-refractivity contribution in [3.63, 3.8) is 0 Å². The molecule has 4 nitrogen and oxygen atoms in total. The maximum atomic E-state index is 12.7. The normalized spacial score (nSPS) is 11.6. The summed E-state index contributed by atoms with van der Waals surface area (Å²) in [6.45, 7) is 0.218. The molecule has 26 heavy (non-hydrogen) atoms. The Morgan fingerprint density at radius 2 is 1.77 bits per heavy atom. The Hall–Kier alpha value is -2.67. The van der Waals surface area contributed by atoms with Gasteiger partial charge in [0.05, 0.1) is 24.9 Å². The summed E-state index contributed by atoms with van der Waals surface area (Å²) >= 11 is 5.99. The van der Waals surface area contributed by atoms with Gasteiger partial charge in [-0.05, 0) is 42.5 Å². The van der Waals surface area contributed by atoms with Gasteiger partial charge in [-0.25, -0.2) is 4.79 Å². The van der Waals surface area contributed by atoms with Crippen LogP contribution in [0.3, 0.4) is 0 Å². The van der Waals surface area contributed by atoms with Gasteiger partial charge in [0.15, 0.2) is 0 Å². The first-order chi connectivity index (χ1) is 12.3. The molecule has 3 rings (SSSR count). The van der Waals surface area contributed by atoms with Gasteiger partial charge in [0, 0.05) is 23.0 Å². The predicted octanol–water partition coefficient (Wildman–Crippen LogP) is 4.37. The van der Waals surface area contributed by atoms with E-state index in [-0.39, 0.29) is 12.2 Å². The fourth-order valence-electron chi connectivity index (χ4n) is 2.60. The molecule has 0 radical (unpaired) electrons. The number of ether oxygens (including phenoxy) is 1. The highest BCUT2D eigenvalue weighted by atomic mass is 35.5. The van der Waals surface area contributed by atoms with Gasteiger partial charge in [-0.15, -0.1) is 0 Å². The number of hydrogen-bond acceptors (Lipinski definition) is 2. The van der Waals surface area contributed by atoms with Crippen molar-refractivity contribution in [1.82, 2.24) is 9.13 Å². The smallest absolute Gasteiger partial charge is 0.416 e. The number of rotatable bonds is 4. The first-order valence-corrected chi connectivity index (χ1v) is 7.95. The number of methoxy groups -OCH3 is 1. The number of halogens is 4. The van der Waals surface area contributed by atoms with Crippen molar-refractivity contribution in [2.45, 2.75) is 12.7 Å². The SMILES string of the molecule is COc1ccc(Cl)cc1Cn1ccn(-c2ccc(C(F)(F)F)cc2)c1=O. The summed E-state index contributed by atoms with van der Waals surface area (Å²) in [6, 6.07) is 9.49. The van der Waals surface area contributed by atoms with Gasteiger partial charge in [0.1, 0.15) is 5.75 Å². The van der Waals surface area contributed by atoms with Crippen LogP contribution in [0.1, 0.15) is 11.1 Å². The standard InChI is InChI=1S/C18H14ClF3N2O2/c1-26-16-7-4-14(19)10-12(16)11-23-8-9-24(17(23)25)15-5-2-13(3-6-15)18(20,21)22/h2-10H,11H2,1H3. The van der Waals surface area contributed by atoms with Crippen molar-refractivity contribution < 1.29 is 17.9 Å². The Balaban J connectivity index is 1.92. The van der Waals surface area contributed by atoms with Crippen molar-refractivity contribution in [2.24, 2.45) is 0 Å². The molecule has 0 aliphatic heterocycles. The lowest BCUT2D eigenvalue weighted by molar-refractivity contribution is -0.137. The van der Waals surface area contributed by atoms with E-state index in [1.54, 1.807) is 24.4 Å². The average molecular weight is 383 g/mol. The molecule has 0 spiro atoms. The van der Waals surface area contributed by atoms with Crippen LogP contribution < -0.4 is 10.4 Å². The molecular formula is C18H14ClF3N2O2. The van der Waals surface area contributed by atoms with Crippen LogP contribution in [0.15, 0.2) is 59.7 Å². The number of hydrogen-bond donors (Lipinski definition) is 0. The van der Waals surface area contributed by atoms with Crippen molar-refractivity contribution in [3.05, 3.63) is 81.5 Å². The fourth-order valence-corrected chi connectivity index (χ4v) is 2.79. The second kappa shape index (κ2) is 6.92. The molecular weight excluding hydrogens is 369 g/mol. The van der Waals surface area contributed by atoms with E-state index in [1.807, 2.05) is 0 Å². The summed E-state index contributed by atoms with van der Waals surface area (Å²) in [6.07, 6.45) is -1.36. The van der Waals surface area contributed by atoms with Crippen LogP contribution >= 0.6 is 11.6 Å². The summed E-state index contributed by atoms with van der Waals surface area (Å²) < 4.78 is 45.9. The van der Waals surface area contributed by atoms with Gasteiger partial charge >= 0.3 is 11.9 Å². The van der Waals surface area contributed by atoms with Crippen LogP contribution in [0.5, 0.6) is 5.75 Å². The van der Waals surface area contributed by atoms with Crippen LogP contribution in [0, 0.1) is 0 Å². The molecule has 0 saturated carbocycles. The van der Waals surface area contributed by atoms with Crippen LogP contribution in [0.25, 0.3) is 5.69 Å². The lowest BCUT2D eigenvalue weighted by Gasteiger charge is -2.09. The third-order valence-corrected chi connectivity index (χ3v) is 4.14. The Labute approximate surface area is 152 Å². The van der Waals surface area contributed by atoms with Crippen LogP contribution in [0.4, 0.5) is 13.2 Å². The molecule has 8 heteroatoms. The van der Waals surface area contributed by atoms with E-state index in [4.69, 9.17) is 16.3 Å². The molecule has 0 aliphatic rings. The number of alkyl halides is 3. The first kappa shape index (κ1) is 18.1. The van der Waals surface area contributed by atoms with Crippen LogP contribution in [-0.2, 0) is 12.7 Å². The summed E-state index contributed by atoms with van der Waals surface area (Å²) in [5, 5.41) is 0.510. The van der Waals surface area contributed by atoms with E-state index in [9.17, 15) is 18.0 Å². The zero-order chi connectivity index (χ0) is 18.9. The highest BCUT2D eigenvalue weighted by molar-refractivity contribution is 6.30. The van der Waals surface area contributed by atoms with E-state index in [1.165, 1.54) is 34.6 Å². The third kappa shape index (κ3) is 3.62. The minimum atomic E-state index is -4.42.